The van der Waals surface area contributed by atoms with E-state index < -0.39 is 17.2 Å². The smallest absolute Gasteiger partial charge is 0.254 e. The summed E-state index contributed by atoms with van der Waals surface area (Å²) in [5.41, 5.74) is 1.17. The molecule has 0 unspecified atom stereocenters. The molecule has 0 saturated carbocycles. The molecule has 3 aromatic rings. The number of hydrogen-bond donors (Lipinski definition) is 3. The number of pyridine rings is 1. The Bertz CT molecular complexity index is 1380. The van der Waals surface area contributed by atoms with Crippen molar-refractivity contribution < 1.29 is 23.5 Å². The number of benzene rings is 1. The molecule has 36 heavy (non-hydrogen) atoms. The van der Waals surface area contributed by atoms with Crippen molar-refractivity contribution >= 4 is 34.6 Å². The fourth-order valence-corrected chi connectivity index (χ4v) is 5.39. The van der Waals surface area contributed by atoms with Crippen LogP contribution in [0, 0.1) is 0 Å². The summed E-state index contributed by atoms with van der Waals surface area (Å²) in [6.07, 6.45) is 1.93. The van der Waals surface area contributed by atoms with Gasteiger partial charge in [0.25, 0.3) is 5.91 Å². The first-order valence-corrected chi connectivity index (χ1v) is 12.1. The van der Waals surface area contributed by atoms with Crippen LogP contribution in [0.15, 0.2) is 40.8 Å². The van der Waals surface area contributed by atoms with Crippen LogP contribution in [0.3, 0.4) is 0 Å². The summed E-state index contributed by atoms with van der Waals surface area (Å²) in [4.78, 5) is 45.1. The van der Waals surface area contributed by atoms with Crippen LogP contribution in [-0.4, -0.2) is 60.4 Å². The number of anilines is 1. The molecule has 0 aliphatic carbocycles. The number of methoxy groups -OCH3 is 1. The lowest BCUT2D eigenvalue weighted by atomic mass is 9.82. The lowest BCUT2D eigenvalue weighted by Gasteiger charge is -2.28. The minimum atomic E-state index is -1.33. The van der Waals surface area contributed by atoms with Gasteiger partial charge in [-0.1, -0.05) is 6.07 Å². The third-order valence-corrected chi connectivity index (χ3v) is 7.34. The second kappa shape index (κ2) is 8.63. The summed E-state index contributed by atoms with van der Waals surface area (Å²) >= 11 is 0. The van der Waals surface area contributed by atoms with E-state index in [1.807, 2.05) is 18.2 Å². The molecule has 3 aliphatic heterocycles. The summed E-state index contributed by atoms with van der Waals surface area (Å²) in [7, 11) is 1.55. The number of carbonyl (C=O) groups excluding carboxylic acids is 3. The van der Waals surface area contributed by atoms with E-state index in [9.17, 15) is 14.4 Å². The average molecular weight is 490 g/mol. The summed E-state index contributed by atoms with van der Waals surface area (Å²) < 4.78 is 11.4. The van der Waals surface area contributed by atoms with E-state index >= 15 is 0 Å². The molecule has 1 aromatic carbocycles. The van der Waals surface area contributed by atoms with Crippen molar-refractivity contribution in [3.05, 3.63) is 53.3 Å². The molecule has 0 radical (unpaired) electrons. The van der Waals surface area contributed by atoms with Crippen molar-refractivity contribution in [2.24, 2.45) is 0 Å². The Labute approximate surface area is 207 Å². The van der Waals surface area contributed by atoms with Gasteiger partial charge in [-0.15, -0.1) is 0 Å². The molecule has 3 amide bonds. The van der Waals surface area contributed by atoms with Crippen molar-refractivity contribution in [2.75, 3.05) is 32.1 Å². The van der Waals surface area contributed by atoms with Gasteiger partial charge < -0.3 is 24.7 Å². The van der Waals surface area contributed by atoms with Gasteiger partial charge in [-0.3, -0.25) is 19.7 Å². The molecule has 0 spiro atoms. The lowest BCUT2D eigenvalue weighted by molar-refractivity contribution is -0.127. The Morgan fingerprint density at radius 2 is 2.00 bits per heavy atom. The lowest BCUT2D eigenvalue weighted by Crippen LogP contribution is -2.46. The largest absolute Gasteiger partial charge is 0.497 e. The van der Waals surface area contributed by atoms with Gasteiger partial charge >= 0.3 is 0 Å². The minimum absolute atomic E-state index is 0.0143. The van der Waals surface area contributed by atoms with Crippen LogP contribution < -0.4 is 20.7 Å². The number of aromatic nitrogens is 1. The highest BCUT2D eigenvalue weighted by Crippen LogP contribution is 2.39. The predicted molar refractivity (Wildman–Crippen MR) is 131 cm³/mol. The maximum absolute atomic E-state index is 13.2. The number of ether oxygens (including phenoxy) is 1. The molecule has 10 nitrogen and oxygen atoms in total. The number of nitrogens with one attached hydrogen (secondary N) is 3. The van der Waals surface area contributed by atoms with Crippen LogP contribution >= 0.6 is 0 Å². The van der Waals surface area contributed by atoms with Gasteiger partial charge in [-0.25, -0.2) is 4.98 Å². The normalized spacial score (nSPS) is 22.2. The van der Waals surface area contributed by atoms with Crippen molar-refractivity contribution in [3.63, 3.8) is 0 Å². The highest BCUT2D eigenvalue weighted by atomic mass is 16.5. The van der Waals surface area contributed by atoms with Gasteiger partial charge in [-0.05, 0) is 55.8 Å². The molecule has 0 bridgehead atoms. The van der Waals surface area contributed by atoms with E-state index in [1.165, 1.54) is 0 Å². The van der Waals surface area contributed by atoms with Gasteiger partial charge in [-0.2, -0.15) is 0 Å². The second-order valence-corrected chi connectivity index (χ2v) is 9.68. The molecular formula is C26H27N5O5. The number of fused-ring (bicyclic) bond motifs is 2. The molecule has 1 atom stereocenters. The van der Waals surface area contributed by atoms with Crippen molar-refractivity contribution in [3.8, 4) is 5.75 Å². The Balaban J connectivity index is 1.31. The second-order valence-electron chi connectivity index (χ2n) is 9.68. The predicted octanol–water partition coefficient (Wildman–Crippen LogP) is 1.94. The molecular weight excluding hydrogens is 462 g/mol. The van der Waals surface area contributed by atoms with Crippen molar-refractivity contribution in [1.29, 1.82) is 0 Å². The monoisotopic (exact) mass is 489 g/mol. The minimum Gasteiger partial charge on any atom is -0.497 e. The van der Waals surface area contributed by atoms with Crippen LogP contribution in [-0.2, 0) is 21.5 Å². The van der Waals surface area contributed by atoms with E-state index in [0.29, 0.717) is 40.8 Å². The number of furan rings is 1. The number of amides is 3. The molecule has 186 valence electrons. The fourth-order valence-electron chi connectivity index (χ4n) is 5.39. The standard InChI is InChI=1S/C26H27N5O5/c1-35-17-3-2-15-13-31(24(33)18(15)10-17)14-26(12-23(32)30-25(26)34)21-11-19-20(36-21)4-5-22(29-19)28-16-6-8-27-9-7-16/h2-5,10-11,16,27H,6-9,12-14H2,1H3,(H,28,29)(H,30,32,34)/t26-/m1/s1. The third kappa shape index (κ3) is 3.78. The molecule has 6 rings (SSSR count). The third-order valence-electron chi connectivity index (χ3n) is 7.34. The van der Waals surface area contributed by atoms with E-state index in [1.54, 1.807) is 30.2 Å². The van der Waals surface area contributed by atoms with Gasteiger partial charge in [0.1, 0.15) is 28.3 Å². The Morgan fingerprint density at radius 1 is 1.17 bits per heavy atom. The molecule has 3 aliphatic rings. The zero-order valence-corrected chi connectivity index (χ0v) is 19.9. The number of hydrogen-bond acceptors (Lipinski definition) is 8. The van der Waals surface area contributed by atoms with Crippen molar-refractivity contribution in [1.82, 2.24) is 20.5 Å². The van der Waals surface area contributed by atoms with E-state index in [4.69, 9.17) is 14.1 Å². The van der Waals surface area contributed by atoms with Gasteiger partial charge in [0, 0.05) is 30.8 Å². The zero-order chi connectivity index (χ0) is 24.9. The van der Waals surface area contributed by atoms with Crippen LogP contribution in [0.5, 0.6) is 5.75 Å². The maximum atomic E-state index is 13.2. The number of rotatable bonds is 6. The average Bonchev–Trinajstić information content (AvgIpc) is 3.53. The first-order valence-electron chi connectivity index (χ1n) is 12.1. The molecule has 5 heterocycles. The number of piperidine rings is 1. The van der Waals surface area contributed by atoms with E-state index in [0.717, 1.165) is 37.3 Å². The first kappa shape index (κ1) is 22.5. The Morgan fingerprint density at radius 3 is 2.75 bits per heavy atom. The number of imide groups is 1. The topological polar surface area (TPSA) is 126 Å². The number of nitrogens with zero attached hydrogens (tertiary/aromatic N) is 2. The summed E-state index contributed by atoms with van der Waals surface area (Å²) in [5, 5.41) is 9.23. The highest BCUT2D eigenvalue weighted by molar-refractivity contribution is 6.10. The molecule has 2 aromatic heterocycles. The molecule has 3 N–H and O–H groups in total. The summed E-state index contributed by atoms with van der Waals surface area (Å²) in [5.74, 6) is 0.576. The summed E-state index contributed by atoms with van der Waals surface area (Å²) in [6.45, 7) is 2.28. The van der Waals surface area contributed by atoms with Gasteiger partial charge in [0.2, 0.25) is 11.8 Å². The zero-order valence-electron chi connectivity index (χ0n) is 19.9. The van der Waals surface area contributed by atoms with Gasteiger partial charge in [0.05, 0.1) is 13.5 Å². The van der Waals surface area contributed by atoms with Crippen molar-refractivity contribution in [2.45, 2.75) is 37.3 Å². The Hall–Kier alpha value is -3.92. The van der Waals surface area contributed by atoms with Crippen LogP contribution in [0.1, 0.15) is 40.9 Å². The highest BCUT2D eigenvalue weighted by Gasteiger charge is 2.53. The van der Waals surface area contributed by atoms with Crippen LogP contribution in [0.25, 0.3) is 11.1 Å². The first-order chi connectivity index (χ1) is 17.4. The summed E-state index contributed by atoms with van der Waals surface area (Å²) in [6, 6.07) is 11.1. The molecule has 2 fully saturated rings. The van der Waals surface area contributed by atoms with E-state index in [2.05, 4.69) is 16.0 Å². The van der Waals surface area contributed by atoms with E-state index in [-0.39, 0.29) is 18.9 Å². The quantitative estimate of drug-likeness (QED) is 0.449. The number of carbonyl (C=O) groups is 3. The van der Waals surface area contributed by atoms with Crippen LogP contribution in [0.2, 0.25) is 0 Å². The van der Waals surface area contributed by atoms with Gasteiger partial charge in [0.15, 0.2) is 5.58 Å². The Kier molecular flexibility index (Phi) is 5.40. The van der Waals surface area contributed by atoms with Crippen LogP contribution in [0.4, 0.5) is 5.82 Å². The fraction of sp³-hybridized carbons (Fsp3) is 0.385. The molecule has 10 heteroatoms. The maximum Gasteiger partial charge on any atom is 0.254 e. The molecule has 2 saturated heterocycles. The SMILES string of the molecule is COc1ccc2c(c1)C(=O)N(C[C@@]1(c3cc4nc(NC5CCNCC5)ccc4o3)CC(=O)NC1=O)C2.